The largest absolute Gasteiger partial charge is 0.372 e. The molecular formula is C14H21FN2O. The molecule has 0 aromatic heterocycles. The molecule has 4 heteroatoms. The summed E-state index contributed by atoms with van der Waals surface area (Å²) in [5.74, 6) is -0.206. The highest BCUT2D eigenvalue weighted by atomic mass is 19.1. The van der Waals surface area contributed by atoms with Crippen LogP contribution in [0, 0.1) is 5.82 Å². The number of anilines is 1. The first-order chi connectivity index (χ1) is 8.41. The lowest BCUT2D eigenvalue weighted by molar-refractivity contribution is -0.0279. The van der Waals surface area contributed by atoms with Crippen molar-refractivity contribution in [3.8, 4) is 0 Å². The number of morpholine rings is 1. The van der Waals surface area contributed by atoms with Crippen molar-refractivity contribution in [3.05, 3.63) is 29.6 Å². The Bertz CT molecular complexity index is 432. The van der Waals surface area contributed by atoms with E-state index in [1.165, 1.54) is 6.07 Å². The van der Waals surface area contributed by atoms with Crippen molar-refractivity contribution in [2.24, 2.45) is 5.73 Å². The van der Waals surface area contributed by atoms with E-state index in [4.69, 9.17) is 10.5 Å². The molecular weight excluding hydrogens is 231 g/mol. The molecule has 0 bridgehead atoms. The standard InChI is InChI=1S/C14H21FN2O/c1-10(16)11-5-4-6-12(15)13(11)17-7-8-18-14(2,3)9-17/h4-6,10H,7-9,16H2,1-3H3/t10-/m0/s1. The van der Waals surface area contributed by atoms with Gasteiger partial charge in [-0.15, -0.1) is 0 Å². The molecule has 0 saturated carbocycles. The molecule has 2 N–H and O–H groups in total. The summed E-state index contributed by atoms with van der Waals surface area (Å²) in [6, 6.07) is 4.92. The van der Waals surface area contributed by atoms with E-state index in [-0.39, 0.29) is 17.5 Å². The van der Waals surface area contributed by atoms with E-state index in [1.54, 1.807) is 6.07 Å². The highest BCUT2D eigenvalue weighted by molar-refractivity contribution is 5.56. The third-order valence-electron chi connectivity index (χ3n) is 3.25. The van der Waals surface area contributed by atoms with Gasteiger partial charge < -0.3 is 15.4 Å². The van der Waals surface area contributed by atoms with Gasteiger partial charge in [-0.05, 0) is 32.4 Å². The van der Waals surface area contributed by atoms with Gasteiger partial charge in [-0.25, -0.2) is 4.39 Å². The molecule has 0 aliphatic carbocycles. The molecule has 1 saturated heterocycles. The summed E-state index contributed by atoms with van der Waals surface area (Å²) >= 11 is 0. The van der Waals surface area contributed by atoms with Crippen LogP contribution in [0.3, 0.4) is 0 Å². The summed E-state index contributed by atoms with van der Waals surface area (Å²) in [6.07, 6.45) is 0. The highest BCUT2D eigenvalue weighted by Crippen LogP contribution is 2.31. The Kier molecular flexibility index (Phi) is 3.59. The van der Waals surface area contributed by atoms with Crippen molar-refractivity contribution in [2.45, 2.75) is 32.4 Å². The van der Waals surface area contributed by atoms with Gasteiger partial charge in [0.1, 0.15) is 5.82 Å². The third kappa shape index (κ3) is 2.65. The Labute approximate surface area is 108 Å². The van der Waals surface area contributed by atoms with E-state index >= 15 is 0 Å². The van der Waals surface area contributed by atoms with Gasteiger partial charge in [-0.1, -0.05) is 12.1 Å². The molecule has 18 heavy (non-hydrogen) atoms. The molecule has 1 heterocycles. The molecule has 1 aromatic carbocycles. The van der Waals surface area contributed by atoms with Crippen LogP contribution in [0.4, 0.5) is 10.1 Å². The minimum absolute atomic E-state index is 0.179. The zero-order valence-corrected chi connectivity index (χ0v) is 11.2. The first-order valence-corrected chi connectivity index (χ1v) is 6.33. The van der Waals surface area contributed by atoms with Crippen molar-refractivity contribution < 1.29 is 9.13 Å². The van der Waals surface area contributed by atoms with Crippen LogP contribution < -0.4 is 10.6 Å². The molecule has 0 radical (unpaired) electrons. The summed E-state index contributed by atoms with van der Waals surface area (Å²) in [4.78, 5) is 2.04. The fraction of sp³-hybridized carbons (Fsp3) is 0.571. The van der Waals surface area contributed by atoms with E-state index < -0.39 is 0 Å². The second-order valence-electron chi connectivity index (χ2n) is 5.50. The lowest BCUT2D eigenvalue weighted by Crippen LogP contribution is -2.49. The number of ether oxygens (including phenoxy) is 1. The summed E-state index contributed by atoms with van der Waals surface area (Å²) in [5.41, 5.74) is 7.16. The maximum absolute atomic E-state index is 14.1. The van der Waals surface area contributed by atoms with E-state index in [1.807, 2.05) is 31.7 Å². The molecule has 1 aliphatic rings. The molecule has 2 rings (SSSR count). The maximum Gasteiger partial charge on any atom is 0.146 e. The number of nitrogens with two attached hydrogens (primary N) is 1. The van der Waals surface area contributed by atoms with Gasteiger partial charge in [0.15, 0.2) is 0 Å². The highest BCUT2D eigenvalue weighted by Gasteiger charge is 2.30. The Morgan fingerprint density at radius 2 is 2.17 bits per heavy atom. The van der Waals surface area contributed by atoms with Crippen LogP contribution in [-0.2, 0) is 4.74 Å². The second kappa shape index (κ2) is 4.86. The van der Waals surface area contributed by atoms with Gasteiger partial charge in [0.25, 0.3) is 0 Å². The van der Waals surface area contributed by atoms with E-state index in [0.29, 0.717) is 25.4 Å². The quantitative estimate of drug-likeness (QED) is 0.878. The van der Waals surface area contributed by atoms with E-state index in [2.05, 4.69) is 0 Å². The smallest absolute Gasteiger partial charge is 0.146 e. The van der Waals surface area contributed by atoms with Crippen molar-refractivity contribution in [1.29, 1.82) is 0 Å². The lowest BCUT2D eigenvalue weighted by Gasteiger charge is -2.40. The van der Waals surface area contributed by atoms with Crippen molar-refractivity contribution >= 4 is 5.69 Å². The van der Waals surface area contributed by atoms with Crippen LogP contribution in [0.25, 0.3) is 0 Å². The first kappa shape index (κ1) is 13.3. The van der Waals surface area contributed by atoms with Crippen LogP contribution in [0.1, 0.15) is 32.4 Å². The molecule has 0 spiro atoms. The Balaban J connectivity index is 2.38. The SMILES string of the molecule is C[C@H](N)c1cccc(F)c1N1CCOC(C)(C)C1. The third-order valence-corrected chi connectivity index (χ3v) is 3.25. The monoisotopic (exact) mass is 252 g/mol. The number of hydrogen-bond donors (Lipinski definition) is 1. The van der Waals surface area contributed by atoms with Crippen molar-refractivity contribution in [2.75, 3.05) is 24.6 Å². The molecule has 1 atom stereocenters. The molecule has 3 nitrogen and oxygen atoms in total. The number of benzene rings is 1. The van der Waals surface area contributed by atoms with E-state index in [9.17, 15) is 4.39 Å². The number of nitrogens with zero attached hydrogens (tertiary/aromatic N) is 1. The molecule has 1 aromatic rings. The van der Waals surface area contributed by atoms with Crippen LogP contribution >= 0.6 is 0 Å². The summed E-state index contributed by atoms with van der Waals surface area (Å²) in [6.45, 7) is 7.90. The predicted molar refractivity (Wildman–Crippen MR) is 71.2 cm³/mol. The topological polar surface area (TPSA) is 38.5 Å². The number of para-hydroxylation sites is 1. The summed E-state index contributed by atoms with van der Waals surface area (Å²) < 4.78 is 19.8. The number of rotatable bonds is 2. The average Bonchev–Trinajstić information content (AvgIpc) is 2.27. The normalized spacial score (nSPS) is 20.8. The fourth-order valence-electron chi connectivity index (χ4n) is 2.44. The Morgan fingerprint density at radius 3 is 2.78 bits per heavy atom. The van der Waals surface area contributed by atoms with Gasteiger partial charge >= 0.3 is 0 Å². The zero-order valence-electron chi connectivity index (χ0n) is 11.2. The Morgan fingerprint density at radius 1 is 1.44 bits per heavy atom. The van der Waals surface area contributed by atoms with Gasteiger partial charge in [0.2, 0.25) is 0 Å². The van der Waals surface area contributed by atoms with Gasteiger partial charge in [0, 0.05) is 19.1 Å². The number of halogens is 1. The average molecular weight is 252 g/mol. The zero-order chi connectivity index (χ0) is 13.3. The van der Waals surface area contributed by atoms with Crippen LogP contribution in [0.2, 0.25) is 0 Å². The van der Waals surface area contributed by atoms with Gasteiger partial charge in [-0.2, -0.15) is 0 Å². The van der Waals surface area contributed by atoms with Crippen LogP contribution in [0.5, 0.6) is 0 Å². The Hall–Kier alpha value is -1.13. The lowest BCUT2D eigenvalue weighted by atomic mass is 10.0. The summed E-state index contributed by atoms with van der Waals surface area (Å²) in [7, 11) is 0. The van der Waals surface area contributed by atoms with Crippen molar-refractivity contribution in [3.63, 3.8) is 0 Å². The van der Waals surface area contributed by atoms with Crippen LogP contribution in [0.15, 0.2) is 18.2 Å². The number of hydrogen-bond acceptors (Lipinski definition) is 3. The van der Waals surface area contributed by atoms with E-state index in [0.717, 1.165) is 5.56 Å². The second-order valence-corrected chi connectivity index (χ2v) is 5.50. The fourth-order valence-corrected chi connectivity index (χ4v) is 2.44. The molecule has 0 amide bonds. The maximum atomic E-state index is 14.1. The van der Waals surface area contributed by atoms with Crippen LogP contribution in [-0.4, -0.2) is 25.3 Å². The van der Waals surface area contributed by atoms with Crippen molar-refractivity contribution in [1.82, 2.24) is 0 Å². The minimum Gasteiger partial charge on any atom is -0.372 e. The predicted octanol–water partition coefficient (Wildman–Crippen LogP) is 2.46. The first-order valence-electron chi connectivity index (χ1n) is 6.33. The molecule has 100 valence electrons. The summed E-state index contributed by atoms with van der Waals surface area (Å²) in [5, 5.41) is 0. The molecule has 1 aliphatic heterocycles. The molecule has 0 unspecified atom stereocenters. The molecule has 1 fully saturated rings. The van der Waals surface area contributed by atoms with Gasteiger partial charge in [0.05, 0.1) is 17.9 Å². The minimum atomic E-state index is -0.254. The van der Waals surface area contributed by atoms with Gasteiger partial charge in [-0.3, -0.25) is 0 Å².